The molecule has 21 heavy (non-hydrogen) atoms. The Morgan fingerprint density at radius 1 is 1.10 bits per heavy atom. The molecule has 0 atom stereocenters. The van der Waals surface area contributed by atoms with Gasteiger partial charge in [0.15, 0.2) is 0 Å². The van der Waals surface area contributed by atoms with E-state index in [0.29, 0.717) is 5.41 Å². The van der Waals surface area contributed by atoms with Crippen LogP contribution in [0.5, 0.6) is 5.75 Å². The van der Waals surface area contributed by atoms with Crippen molar-refractivity contribution in [1.82, 2.24) is 0 Å². The SMILES string of the molecule is CC(C)(C)c1cccc(OCC2(CBr)CCCCCC2)c1. The molecule has 1 aliphatic carbocycles. The van der Waals surface area contributed by atoms with Crippen LogP contribution in [0, 0.1) is 5.41 Å². The van der Waals surface area contributed by atoms with Gasteiger partial charge in [-0.1, -0.05) is 74.5 Å². The number of hydrogen-bond donors (Lipinski definition) is 0. The van der Waals surface area contributed by atoms with Crippen LogP contribution in [0.2, 0.25) is 0 Å². The predicted molar refractivity (Wildman–Crippen MR) is 94.6 cm³/mol. The van der Waals surface area contributed by atoms with E-state index in [1.807, 2.05) is 0 Å². The average Bonchev–Trinajstić information content (AvgIpc) is 2.71. The van der Waals surface area contributed by atoms with Crippen LogP contribution in [0.3, 0.4) is 0 Å². The zero-order valence-corrected chi connectivity index (χ0v) is 15.3. The monoisotopic (exact) mass is 352 g/mol. The van der Waals surface area contributed by atoms with E-state index in [0.717, 1.165) is 17.7 Å². The van der Waals surface area contributed by atoms with Crippen molar-refractivity contribution in [1.29, 1.82) is 0 Å². The van der Waals surface area contributed by atoms with Gasteiger partial charge in [0.2, 0.25) is 0 Å². The van der Waals surface area contributed by atoms with Crippen LogP contribution in [-0.2, 0) is 5.41 Å². The van der Waals surface area contributed by atoms with Crippen molar-refractivity contribution in [3.63, 3.8) is 0 Å². The van der Waals surface area contributed by atoms with Crippen molar-refractivity contribution in [2.24, 2.45) is 5.41 Å². The smallest absolute Gasteiger partial charge is 0.119 e. The van der Waals surface area contributed by atoms with E-state index in [1.165, 1.54) is 44.1 Å². The molecule has 1 aromatic rings. The first-order valence-electron chi connectivity index (χ1n) is 8.25. The highest BCUT2D eigenvalue weighted by Gasteiger charge is 2.30. The van der Waals surface area contributed by atoms with Gasteiger partial charge in [0.05, 0.1) is 6.61 Å². The van der Waals surface area contributed by atoms with Gasteiger partial charge < -0.3 is 4.74 Å². The normalized spacial score (nSPS) is 19.0. The van der Waals surface area contributed by atoms with E-state index >= 15 is 0 Å². The summed E-state index contributed by atoms with van der Waals surface area (Å²) < 4.78 is 6.20. The molecule has 0 N–H and O–H groups in total. The standard InChI is InChI=1S/C19H29BrO/c1-18(2,3)16-9-8-10-17(13-16)21-15-19(14-20)11-6-4-5-7-12-19/h8-10,13H,4-7,11-12,14-15H2,1-3H3. The summed E-state index contributed by atoms with van der Waals surface area (Å²) in [5, 5.41) is 1.05. The summed E-state index contributed by atoms with van der Waals surface area (Å²) in [6.45, 7) is 7.58. The molecule has 0 spiro atoms. The number of rotatable bonds is 4. The highest BCUT2D eigenvalue weighted by atomic mass is 79.9. The summed E-state index contributed by atoms with van der Waals surface area (Å²) in [4.78, 5) is 0. The molecule has 1 aliphatic rings. The molecule has 118 valence electrons. The predicted octanol–water partition coefficient (Wildman–Crippen LogP) is 6.10. The van der Waals surface area contributed by atoms with Gasteiger partial charge in [0, 0.05) is 10.7 Å². The number of alkyl halides is 1. The third-order valence-corrected chi connectivity index (χ3v) is 5.88. The zero-order chi connectivity index (χ0) is 15.3. The Morgan fingerprint density at radius 3 is 2.33 bits per heavy atom. The maximum Gasteiger partial charge on any atom is 0.119 e. The summed E-state index contributed by atoms with van der Waals surface area (Å²) in [6, 6.07) is 8.61. The van der Waals surface area contributed by atoms with Crippen molar-refractivity contribution >= 4 is 15.9 Å². The second kappa shape index (κ2) is 7.17. The topological polar surface area (TPSA) is 9.23 Å². The van der Waals surface area contributed by atoms with Gasteiger partial charge in [-0.25, -0.2) is 0 Å². The van der Waals surface area contributed by atoms with E-state index < -0.39 is 0 Å². The number of ether oxygens (including phenoxy) is 1. The molecule has 2 heteroatoms. The lowest BCUT2D eigenvalue weighted by Crippen LogP contribution is -2.30. The van der Waals surface area contributed by atoms with Crippen molar-refractivity contribution in [2.45, 2.75) is 64.7 Å². The maximum absolute atomic E-state index is 6.20. The first-order chi connectivity index (χ1) is 9.95. The van der Waals surface area contributed by atoms with Crippen molar-refractivity contribution in [3.8, 4) is 5.75 Å². The maximum atomic E-state index is 6.20. The lowest BCUT2D eigenvalue weighted by atomic mass is 9.83. The fraction of sp³-hybridized carbons (Fsp3) is 0.684. The van der Waals surface area contributed by atoms with Gasteiger partial charge in [-0.15, -0.1) is 0 Å². The minimum Gasteiger partial charge on any atom is -0.493 e. The molecule has 0 radical (unpaired) electrons. The molecule has 0 aromatic heterocycles. The Bertz CT molecular complexity index is 439. The molecule has 0 saturated heterocycles. The van der Waals surface area contributed by atoms with E-state index in [4.69, 9.17) is 4.74 Å². The third kappa shape index (κ3) is 4.74. The second-order valence-corrected chi connectivity index (χ2v) is 8.18. The van der Waals surface area contributed by atoms with Crippen LogP contribution in [-0.4, -0.2) is 11.9 Å². The first-order valence-corrected chi connectivity index (χ1v) is 9.37. The quantitative estimate of drug-likeness (QED) is 0.469. The minimum atomic E-state index is 0.175. The van der Waals surface area contributed by atoms with Crippen molar-refractivity contribution in [3.05, 3.63) is 29.8 Å². The molecule has 1 nitrogen and oxygen atoms in total. The molecule has 0 bridgehead atoms. The van der Waals surface area contributed by atoms with Crippen LogP contribution in [0.15, 0.2) is 24.3 Å². The summed E-state index contributed by atoms with van der Waals surface area (Å²) >= 11 is 3.74. The van der Waals surface area contributed by atoms with Gasteiger partial charge in [-0.2, -0.15) is 0 Å². The lowest BCUT2D eigenvalue weighted by molar-refractivity contribution is 0.149. The second-order valence-electron chi connectivity index (χ2n) is 7.61. The molecule has 0 heterocycles. The Kier molecular flexibility index (Phi) is 5.76. The molecular weight excluding hydrogens is 324 g/mol. The van der Waals surface area contributed by atoms with Crippen molar-refractivity contribution in [2.75, 3.05) is 11.9 Å². The fourth-order valence-corrected chi connectivity index (χ4v) is 3.81. The van der Waals surface area contributed by atoms with Gasteiger partial charge in [-0.05, 0) is 36.0 Å². The summed E-state index contributed by atoms with van der Waals surface area (Å²) in [7, 11) is 0. The van der Waals surface area contributed by atoms with E-state index in [9.17, 15) is 0 Å². The van der Waals surface area contributed by atoms with Gasteiger partial charge in [0.1, 0.15) is 5.75 Å². The Labute approximate surface area is 138 Å². The van der Waals surface area contributed by atoms with Crippen LogP contribution in [0.25, 0.3) is 0 Å². The van der Waals surface area contributed by atoms with Crippen LogP contribution < -0.4 is 4.74 Å². The van der Waals surface area contributed by atoms with Gasteiger partial charge in [-0.3, -0.25) is 0 Å². The molecule has 1 aromatic carbocycles. The highest BCUT2D eigenvalue weighted by Crippen LogP contribution is 2.37. The summed E-state index contributed by atoms with van der Waals surface area (Å²) in [6.07, 6.45) is 8.03. The fourth-order valence-electron chi connectivity index (χ4n) is 3.08. The largest absolute Gasteiger partial charge is 0.493 e. The third-order valence-electron chi connectivity index (χ3n) is 4.69. The van der Waals surface area contributed by atoms with Crippen LogP contribution in [0.1, 0.15) is 64.9 Å². The first kappa shape index (κ1) is 16.9. The number of halogens is 1. The molecule has 1 fully saturated rings. The highest BCUT2D eigenvalue weighted by molar-refractivity contribution is 9.09. The Hall–Kier alpha value is -0.500. The van der Waals surface area contributed by atoms with Crippen molar-refractivity contribution < 1.29 is 4.74 Å². The summed E-state index contributed by atoms with van der Waals surface area (Å²) in [5.41, 5.74) is 1.84. The molecule has 0 amide bonds. The minimum absolute atomic E-state index is 0.175. The average molecular weight is 353 g/mol. The molecule has 2 rings (SSSR count). The van der Waals surface area contributed by atoms with Gasteiger partial charge >= 0.3 is 0 Å². The number of hydrogen-bond acceptors (Lipinski definition) is 1. The summed E-state index contributed by atoms with van der Waals surface area (Å²) in [5.74, 6) is 1.02. The molecule has 1 saturated carbocycles. The molecule has 0 aliphatic heterocycles. The van der Waals surface area contributed by atoms with E-state index in [2.05, 4.69) is 61.0 Å². The van der Waals surface area contributed by atoms with E-state index in [1.54, 1.807) is 0 Å². The molecular formula is C19H29BrO. The number of benzene rings is 1. The lowest BCUT2D eigenvalue weighted by Gasteiger charge is -2.31. The zero-order valence-electron chi connectivity index (χ0n) is 13.8. The van der Waals surface area contributed by atoms with Crippen LogP contribution in [0.4, 0.5) is 0 Å². The van der Waals surface area contributed by atoms with Crippen LogP contribution >= 0.6 is 15.9 Å². The van der Waals surface area contributed by atoms with Gasteiger partial charge in [0.25, 0.3) is 0 Å². The Morgan fingerprint density at radius 2 is 1.76 bits per heavy atom. The van der Waals surface area contributed by atoms with E-state index in [-0.39, 0.29) is 5.41 Å². The Balaban J connectivity index is 2.04. The molecule has 0 unspecified atom stereocenters.